The van der Waals surface area contributed by atoms with Gasteiger partial charge < -0.3 is 4.90 Å². The van der Waals surface area contributed by atoms with Gasteiger partial charge in [-0.1, -0.05) is 30.3 Å². The average Bonchev–Trinajstić information content (AvgIpc) is 2.38. The number of hydrogen-bond acceptors (Lipinski definition) is 3. The third-order valence-corrected chi connectivity index (χ3v) is 5.27. The lowest BCUT2D eigenvalue weighted by molar-refractivity contribution is -0.134. The number of amides is 1. The summed E-state index contributed by atoms with van der Waals surface area (Å²) >= 11 is 0. The Kier molecular flexibility index (Phi) is 4.24. The molecule has 1 atom stereocenters. The molecule has 0 aromatic heterocycles. The van der Waals surface area contributed by atoms with Crippen LogP contribution in [0.1, 0.15) is 18.4 Å². The van der Waals surface area contributed by atoms with Crippen molar-refractivity contribution in [1.29, 1.82) is 0 Å². The van der Waals surface area contributed by atoms with Crippen molar-refractivity contribution in [3.8, 4) is 0 Å². The lowest BCUT2D eigenvalue weighted by atomic mass is 10.0. The van der Waals surface area contributed by atoms with Crippen LogP contribution in [0, 0.1) is 5.92 Å². The molecule has 0 saturated carbocycles. The molecule has 4 nitrogen and oxygen atoms in total. The number of hydrogen-bond donors (Lipinski definition) is 0. The molecule has 19 heavy (non-hydrogen) atoms. The standard InChI is InChI=1S/C14H19NO3S/c1-15(10-12-6-3-2-4-7-12)14(16)13-8-5-9-19(17,18)11-13/h2-4,6-7,13H,5,8-11H2,1H3. The third-order valence-electron chi connectivity index (χ3n) is 3.45. The molecule has 0 radical (unpaired) electrons. The molecule has 5 heteroatoms. The van der Waals surface area contributed by atoms with E-state index >= 15 is 0 Å². The molecule has 1 aliphatic heterocycles. The summed E-state index contributed by atoms with van der Waals surface area (Å²) in [6, 6.07) is 9.71. The second-order valence-corrected chi connectivity index (χ2v) is 7.36. The van der Waals surface area contributed by atoms with Crippen LogP contribution >= 0.6 is 0 Å². The fraction of sp³-hybridized carbons (Fsp3) is 0.500. The monoisotopic (exact) mass is 281 g/mol. The lowest BCUT2D eigenvalue weighted by Crippen LogP contribution is -2.38. The van der Waals surface area contributed by atoms with E-state index in [0.717, 1.165) is 5.56 Å². The van der Waals surface area contributed by atoms with Crippen molar-refractivity contribution in [2.75, 3.05) is 18.6 Å². The Balaban J connectivity index is 1.99. The second-order valence-electron chi connectivity index (χ2n) is 5.13. The number of benzene rings is 1. The highest BCUT2D eigenvalue weighted by Gasteiger charge is 2.31. The second kappa shape index (κ2) is 5.74. The normalized spacial score (nSPS) is 21.8. The largest absolute Gasteiger partial charge is 0.341 e. The Morgan fingerprint density at radius 3 is 2.63 bits per heavy atom. The summed E-state index contributed by atoms with van der Waals surface area (Å²) in [5.41, 5.74) is 1.05. The SMILES string of the molecule is CN(Cc1ccccc1)C(=O)C1CCCS(=O)(=O)C1. The van der Waals surface area contributed by atoms with Gasteiger partial charge in [-0.3, -0.25) is 4.79 Å². The number of nitrogens with zero attached hydrogens (tertiary/aromatic N) is 1. The fourth-order valence-electron chi connectivity index (χ4n) is 2.46. The first-order valence-corrected chi connectivity index (χ1v) is 8.29. The maximum atomic E-state index is 12.3. The maximum Gasteiger partial charge on any atom is 0.226 e. The summed E-state index contributed by atoms with van der Waals surface area (Å²) in [6.07, 6.45) is 1.27. The van der Waals surface area contributed by atoms with E-state index in [1.807, 2.05) is 30.3 Å². The van der Waals surface area contributed by atoms with Crippen LogP contribution in [-0.4, -0.2) is 37.8 Å². The summed E-state index contributed by atoms with van der Waals surface area (Å²) in [5.74, 6) is -0.205. The fourth-order valence-corrected chi connectivity index (χ4v) is 4.16. The molecule has 1 aliphatic rings. The Hall–Kier alpha value is -1.36. The smallest absolute Gasteiger partial charge is 0.226 e. The summed E-state index contributed by atoms with van der Waals surface area (Å²) in [4.78, 5) is 13.9. The van der Waals surface area contributed by atoms with Crippen molar-refractivity contribution in [3.05, 3.63) is 35.9 Å². The molecule has 1 amide bonds. The van der Waals surface area contributed by atoms with Gasteiger partial charge in [-0.05, 0) is 18.4 Å². The van der Waals surface area contributed by atoms with E-state index in [4.69, 9.17) is 0 Å². The molecule has 1 unspecified atom stereocenters. The zero-order valence-corrected chi connectivity index (χ0v) is 11.9. The Bertz CT molecular complexity index is 539. The van der Waals surface area contributed by atoms with Crippen molar-refractivity contribution in [3.63, 3.8) is 0 Å². The molecular formula is C14H19NO3S. The number of carbonyl (C=O) groups is 1. The summed E-state index contributed by atoms with van der Waals surface area (Å²) < 4.78 is 23.2. The van der Waals surface area contributed by atoms with Gasteiger partial charge in [0, 0.05) is 13.6 Å². The van der Waals surface area contributed by atoms with Gasteiger partial charge in [0.15, 0.2) is 9.84 Å². The van der Waals surface area contributed by atoms with E-state index in [1.54, 1.807) is 11.9 Å². The highest BCUT2D eigenvalue weighted by atomic mass is 32.2. The van der Waals surface area contributed by atoms with Gasteiger partial charge in [0.25, 0.3) is 0 Å². The molecule has 1 fully saturated rings. The van der Waals surface area contributed by atoms with E-state index in [9.17, 15) is 13.2 Å². The highest BCUT2D eigenvalue weighted by molar-refractivity contribution is 7.91. The van der Waals surface area contributed by atoms with Crippen molar-refractivity contribution in [1.82, 2.24) is 4.90 Å². The summed E-state index contributed by atoms with van der Waals surface area (Å²) in [7, 11) is -1.30. The molecular weight excluding hydrogens is 262 g/mol. The molecule has 2 rings (SSSR count). The quantitative estimate of drug-likeness (QED) is 0.843. The van der Waals surface area contributed by atoms with E-state index in [-0.39, 0.29) is 23.3 Å². The lowest BCUT2D eigenvalue weighted by Gasteiger charge is -2.26. The predicted molar refractivity (Wildman–Crippen MR) is 74.3 cm³/mol. The summed E-state index contributed by atoms with van der Waals surface area (Å²) in [5, 5.41) is 0. The van der Waals surface area contributed by atoms with E-state index in [2.05, 4.69) is 0 Å². The molecule has 0 N–H and O–H groups in total. The van der Waals surface area contributed by atoms with Crippen LogP contribution in [0.5, 0.6) is 0 Å². The Morgan fingerprint density at radius 1 is 1.32 bits per heavy atom. The highest BCUT2D eigenvalue weighted by Crippen LogP contribution is 2.20. The van der Waals surface area contributed by atoms with Gasteiger partial charge in [0.1, 0.15) is 0 Å². The van der Waals surface area contributed by atoms with E-state index in [1.165, 1.54) is 0 Å². The van der Waals surface area contributed by atoms with Crippen molar-refractivity contribution in [2.45, 2.75) is 19.4 Å². The van der Waals surface area contributed by atoms with Gasteiger partial charge in [-0.25, -0.2) is 8.42 Å². The first-order chi connectivity index (χ1) is 8.98. The van der Waals surface area contributed by atoms with Gasteiger partial charge in [-0.2, -0.15) is 0 Å². The van der Waals surface area contributed by atoms with Crippen LogP contribution in [0.4, 0.5) is 0 Å². The van der Waals surface area contributed by atoms with Crippen LogP contribution in [0.3, 0.4) is 0 Å². The molecule has 104 valence electrons. The number of carbonyl (C=O) groups excluding carboxylic acids is 1. The van der Waals surface area contributed by atoms with Gasteiger partial charge in [-0.15, -0.1) is 0 Å². The molecule has 1 saturated heterocycles. The van der Waals surface area contributed by atoms with Crippen LogP contribution in [0.15, 0.2) is 30.3 Å². The van der Waals surface area contributed by atoms with Crippen LogP contribution in [0.25, 0.3) is 0 Å². The number of sulfone groups is 1. The van der Waals surface area contributed by atoms with Crippen molar-refractivity contribution >= 4 is 15.7 Å². The zero-order chi connectivity index (χ0) is 13.9. The Labute approximate surface area is 114 Å². The van der Waals surface area contributed by atoms with Crippen LogP contribution in [0.2, 0.25) is 0 Å². The maximum absolute atomic E-state index is 12.3. The van der Waals surface area contributed by atoms with Gasteiger partial charge >= 0.3 is 0 Å². The first-order valence-electron chi connectivity index (χ1n) is 6.47. The van der Waals surface area contributed by atoms with Crippen LogP contribution < -0.4 is 0 Å². The van der Waals surface area contributed by atoms with Gasteiger partial charge in [0.05, 0.1) is 17.4 Å². The van der Waals surface area contributed by atoms with Crippen molar-refractivity contribution in [2.24, 2.45) is 5.92 Å². The third kappa shape index (κ3) is 3.80. The molecule has 0 spiro atoms. The molecule has 1 aromatic rings. The minimum absolute atomic E-state index is 0.00492. The van der Waals surface area contributed by atoms with Crippen molar-refractivity contribution < 1.29 is 13.2 Å². The first kappa shape index (κ1) is 14.1. The Morgan fingerprint density at radius 2 is 2.00 bits per heavy atom. The average molecular weight is 281 g/mol. The van der Waals surface area contributed by atoms with Gasteiger partial charge in [0.2, 0.25) is 5.91 Å². The minimum Gasteiger partial charge on any atom is -0.341 e. The van der Waals surface area contributed by atoms with Crippen LogP contribution in [-0.2, 0) is 21.2 Å². The molecule has 1 heterocycles. The predicted octanol–water partition coefficient (Wildman–Crippen LogP) is 1.47. The number of rotatable bonds is 3. The molecule has 0 bridgehead atoms. The molecule has 0 aliphatic carbocycles. The zero-order valence-electron chi connectivity index (χ0n) is 11.1. The summed E-state index contributed by atoms with van der Waals surface area (Å²) in [6.45, 7) is 0.524. The molecule has 1 aromatic carbocycles. The minimum atomic E-state index is -3.03. The van der Waals surface area contributed by atoms with E-state index in [0.29, 0.717) is 19.4 Å². The topological polar surface area (TPSA) is 54.5 Å². The van der Waals surface area contributed by atoms with E-state index < -0.39 is 9.84 Å².